The lowest BCUT2D eigenvalue weighted by Gasteiger charge is -2.34. The molecular formula is C15H24N2O4. The number of carbonyl (C=O) groups excluding carboxylic acids is 3. The predicted molar refractivity (Wildman–Crippen MR) is 78.4 cm³/mol. The molecule has 0 aliphatic carbocycles. The van der Waals surface area contributed by atoms with E-state index in [1.54, 1.807) is 17.9 Å². The van der Waals surface area contributed by atoms with Crippen molar-refractivity contribution in [1.82, 2.24) is 9.80 Å². The van der Waals surface area contributed by atoms with Gasteiger partial charge in [0.15, 0.2) is 0 Å². The Bertz CT molecular complexity index is 408. The van der Waals surface area contributed by atoms with E-state index in [1.807, 2.05) is 0 Å². The Kier molecular flexibility index (Phi) is 6.91. The van der Waals surface area contributed by atoms with Crippen molar-refractivity contribution in [2.75, 3.05) is 32.8 Å². The zero-order valence-corrected chi connectivity index (χ0v) is 12.8. The molecule has 1 saturated heterocycles. The van der Waals surface area contributed by atoms with E-state index in [0.717, 1.165) is 12.8 Å². The summed E-state index contributed by atoms with van der Waals surface area (Å²) >= 11 is 0. The summed E-state index contributed by atoms with van der Waals surface area (Å²) in [6.45, 7) is 8.47. The van der Waals surface area contributed by atoms with Gasteiger partial charge in [-0.25, -0.2) is 0 Å². The van der Waals surface area contributed by atoms with Gasteiger partial charge in [-0.1, -0.05) is 6.08 Å². The molecule has 1 unspecified atom stereocenters. The van der Waals surface area contributed by atoms with E-state index in [9.17, 15) is 14.4 Å². The lowest BCUT2D eigenvalue weighted by Crippen LogP contribution is -2.47. The molecule has 1 fully saturated rings. The normalized spacial score (nSPS) is 18.0. The van der Waals surface area contributed by atoms with Gasteiger partial charge in [-0.2, -0.15) is 0 Å². The molecule has 0 saturated carbocycles. The van der Waals surface area contributed by atoms with E-state index in [0.29, 0.717) is 19.6 Å². The summed E-state index contributed by atoms with van der Waals surface area (Å²) in [5.74, 6) is -0.814. The van der Waals surface area contributed by atoms with Crippen LogP contribution in [0.4, 0.5) is 0 Å². The minimum atomic E-state index is -0.424. The summed E-state index contributed by atoms with van der Waals surface area (Å²) in [6, 6.07) is 0. The number of hydrogen-bond donors (Lipinski definition) is 0. The average molecular weight is 296 g/mol. The van der Waals surface area contributed by atoms with Gasteiger partial charge in [-0.05, 0) is 19.8 Å². The number of hydrogen-bond acceptors (Lipinski definition) is 4. The monoisotopic (exact) mass is 296 g/mol. The molecule has 1 aliphatic rings. The van der Waals surface area contributed by atoms with Gasteiger partial charge in [-0.15, -0.1) is 6.58 Å². The molecule has 6 nitrogen and oxygen atoms in total. The van der Waals surface area contributed by atoms with Crippen LogP contribution in [0.1, 0.15) is 26.7 Å². The van der Waals surface area contributed by atoms with Crippen molar-refractivity contribution in [1.29, 1.82) is 0 Å². The van der Waals surface area contributed by atoms with Gasteiger partial charge in [0.2, 0.25) is 11.8 Å². The van der Waals surface area contributed by atoms with Crippen molar-refractivity contribution in [3.8, 4) is 0 Å². The Morgan fingerprint density at radius 2 is 2.14 bits per heavy atom. The van der Waals surface area contributed by atoms with Crippen LogP contribution in [0, 0.1) is 5.92 Å². The molecule has 0 aromatic heterocycles. The molecule has 1 aliphatic heterocycles. The highest BCUT2D eigenvalue weighted by molar-refractivity contribution is 5.84. The van der Waals surface area contributed by atoms with Gasteiger partial charge in [0, 0.05) is 26.6 Å². The van der Waals surface area contributed by atoms with E-state index in [2.05, 4.69) is 6.58 Å². The first kappa shape index (κ1) is 17.2. The van der Waals surface area contributed by atoms with Crippen LogP contribution in [0.25, 0.3) is 0 Å². The van der Waals surface area contributed by atoms with Crippen molar-refractivity contribution < 1.29 is 19.1 Å². The molecule has 1 heterocycles. The summed E-state index contributed by atoms with van der Waals surface area (Å²) in [5.41, 5.74) is 0. The Morgan fingerprint density at radius 1 is 1.43 bits per heavy atom. The fraction of sp³-hybridized carbons (Fsp3) is 0.667. The number of esters is 1. The van der Waals surface area contributed by atoms with Gasteiger partial charge in [0.1, 0.15) is 6.54 Å². The highest BCUT2D eigenvalue weighted by Crippen LogP contribution is 2.19. The van der Waals surface area contributed by atoms with Crippen LogP contribution in [0.2, 0.25) is 0 Å². The summed E-state index contributed by atoms with van der Waals surface area (Å²) in [6.07, 6.45) is 3.12. The van der Waals surface area contributed by atoms with Crippen LogP contribution in [0.3, 0.4) is 0 Å². The van der Waals surface area contributed by atoms with Gasteiger partial charge in [0.25, 0.3) is 0 Å². The predicted octanol–water partition coefficient (Wildman–Crippen LogP) is 0.823. The molecule has 21 heavy (non-hydrogen) atoms. The molecule has 6 heteroatoms. The third-order valence-corrected chi connectivity index (χ3v) is 3.50. The number of likely N-dealkylation sites (tertiary alicyclic amines) is 1. The second-order valence-corrected chi connectivity index (χ2v) is 5.12. The van der Waals surface area contributed by atoms with E-state index in [-0.39, 0.29) is 30.9 Å². The average Bonchev–Trinajstić information content (AvgIpc) is 2.46. The van der Waals surface area contributed by atoms with Crippen LogP contribution in [0.15, 0.2) is 12.7 Å². The number of rotatable bonds is 6. The number of nitrogens with zero attached hydrogens (tertiary/aromatic N) is 2. The van der Waals surface area contributed by atoms with Crippen molar-refractivity contribution in [2.45, 2.75) is 26.7 Å². The molecular weight excluding hydrogens is 272 g/mol. The molecule has 0 bridgehead atoms. The fourth-order valence-corrected chi connectivity index (χ4v) is 2.47. The SMILES string of the molecule is C=CCN(CC(=O)OCC)C(=O)C1CCCN(C(C)=O)C1. The van der Waals surface area contributed by atoms with Crippen LogP contribution in [-0.2, 0) is 19.1 Å². The summed E-state index contributed by atoms with van der Waals surface area (Å²) in [5, 5.41) is 0. The minimum Gasteiger partial charge on any atom is -0.465 e. The maximum absolute atomic E-state index is 12.5. The van der Waals surface area contributed by atoms with E-state index < -0.39 is 5.97 Å². The zero-order valence-electron chi connectivity index (χ0n) is 12.8. The van der Waals surface area contributed by atoms with E-state index in [4.69, 9.17) is 4.74 Å². The Labute approximate surface area is 125 Å². The van der Waals surface area contributed by atoms with Crippen molar-refractivity contribution >= 4 is 17.8 Å². The molecule has 0 aromatic rings. The third kappa shape index (κ3) is 5.21. The topological polar surface area (TPSA) is 66.9 Å². The van der Waals surface area contributed by atoms with E-state index >= 15 is 0 Å². The van der Waals surface area contributed by atoms with Crippen LogP contribution >= 0.6 is 0 Å². The lowest BCUT2D eigenvalue weighted by atomic mass is 9.96. The van der Waals surface area contributed by atoms with Gasteiger partial charge in [-0.3, -0.25) is 14.4 Å². The first-order chi connectivity index (χ1) is 9.99. The molecule has 118 valence electrons. The number of amides is 2. The van der Waals surface area contributed by atoms with Crippen molar-refractivity contribution in [3.05, 3.63) is 12.7 Å². The molecule has 1 rings (SSSR count). The van der Waals surface area contributed by atoms with Crippen molar-refractivity contribution in [3.63, 3.8) is 0 Å². The standard InChI is InChI=1S/C15H24N2O4/c1-4-8-17(11-14(19)21-5-2)15(20)13-7-6-9-16(10-13)12(3)18/h4,13H,1,5-11H2,2-3H3. The van der Waals surface area contributed by atoms with Crippen LogP contribution < -0.4 is 0 Å². The number of ether oxygens (including phenoxy) is 1. The van der Waals surface area contributed by atoms with Crippen molar-refractivity contribution in [2.24, 2.45) is 5.92 Å². The molecule has 2 amide bonds. The maximum atomic E-state index is 12.5. The Balaban J connectivity index is 2.68. The zero-order chi connectivity index (χ0) is 15.8. The minimum absolute atomic E-state index is 0.0202. The smallest absolute Gasteiger partial charge is 0.325 e. The summed E-state index contributed by atoms with van der Waals surface area (Å²) in [7, 11) is 0. The van der Waals surface area contributed by atoms with Gasteiger partial charge < -0.3 is 14.5 Å². The van der Waals surface area contributed by atoms with Gasteiger partial charge >= 0.3 is 5.97 Å². The molecule has 0 spiro atoms. The molecule has 1 atom stereocenters. The second kappa shape index (κ2) is 8.44. The first-order valence-corrected chi connectivity index (χ1v) is 7.30. The highest BCUT2D eigenvalue weighted by atomic mass is 16.5. The fourth-order valence-electron chi connectivity index (χ4n) is 2.47. The lowest BCUT2D eigenvalue weighted by molar-refractivity contribution is -0.151. The third-order valence-electron chi connectivity index (χ3n) is 3.50. The van der Waals surface area contributed by atoms with Crippen LogP contribution in [-0.4, -0.2) is 60.4 Å². The quantitative estimate of drug-likeness (QED) is 0.538. The molecule has 0 radical (unpaired) electrons. The molecule has 0 aromatic carbocycles. The number of carbonyl (C=O) groups is 3. The number of piperidine rings is 1. The highest BCUT2D eigenvalue weighted by Gasteiger charge is 2.30. The maximum Gasteiger partial charge on any atom is 0.325 e. The summed E-state index contributed by atoms with van der Waals surface area (Å²) < 4.78 is 4.88. The Hall–Kier alpha value is -1.85. The second-order valence-electron chi connectivity index (χ2n) is 5.12. The van der Waals surface area contributed by atoms with E-state index in [1.165, 1.54) is 11.8 Å². The van der Waals surface area contributed by atoms with Crippen LogP contribution in [0.5, 0.6) is 0 Å². The largest absolute Gasteiger partial charge is 0.465 e. The molecule has 0 N–H and O–H groups in total. The van der Waals surface area contributed by atoms with Gasteiger partial charge in [0.05, 0.1) is 12.5 Å². The Morgan fingerprint density at radius 3 is 2.71 bits per heavy atom. The first-order valence-electron chi connectivity index (χ1n) is 7.30. The summed E-state index contributed by atoms with van der Waals surface area (Å²) in [4.78, 5) is 38.7.